The first kappa shape index (κ1) is 12.0. The second-order valence-corrected chi connectivity index (χ2v) is 5.82. The van der Waals surface area contributed by atoms with Crippen LogP contribution in [-0.4, -0.2) is 24.3 Å². The first-order valence-electron chi connectivity index (χ1n) is 5.85. The molecule has 0 bridgehead atoms. The fraction of sp³-hybridized carbons (Fsp3) is 1.00. The van der Waals surface area contributed by atoms with Gasteiger partial charge in [0.2, 0.25) is 0 Å². The molecule has 84 valence electrons. The van der Waals surface area contributed by atoms with Crippen LogP contribution >= 0.6 is 0 Å². The van der Waals surface area contributed by atoms with Gasteiger partial charge in [-0.3, -0.25) is 0 Å². The first-order valence-corrected chi connectivity index (χ1v) is 5.85. The van der Waals surface area contributed by atoms with E-state index in [9.17, 15) is 0 Å². The number of aliphatic hydroxyl groups excluding tert-OH is 1. The molecule has 14 heavy (non-hydrogen) atoms. The molecule has 0 saturated carbocycles. The topological polar surface area (TPSA) is 32.3 Å². The highest BCUT2D eigenvalue weighted by Gasteiger charge is 2.22. The molecule has 2 nitrogen and oxygen atoms in total. The maximum Gasteiger partial charge on any atom is 0.0460 e. The number of rotatable bonds is 3. The van der Waals surface area contributed by atoms with E-state index in [-0.39, 0.29) is 0 Å². The van der Waals surface area contributed by atoms with Crippen LogP contribution in [-0.2, 0) is 0 Å². The zero-order valence-corrected chi connectivity index (χ0v) is 9.84. The van der Waals surface area contributed by atoms with Crippen molar-refractivity contribution in [2.45, 2.75) is 52.5 Å². The van der Waals surface area contributed by atoms with Crippen molar-refractivity contribution in [2.24, 2.45) is 11.3 Å². The third-order valence-electron chi connectivity index (χ3n) is 3.10. The van der Waals surface area contributed by atoms with E-state index in [1.165, 1.54) is 12.8 Å². The van der Waals surface area contributed by atoms with Crippen molar-refractivity contribution in [3.8, 4) is 0 Å². The summed E-state index contributed by atoms with van der Waals surface area (Å²) in [7, 11) is 0. The van der Waals surface area contributed by atoms with Crippen LogP contribution in [0, 0.1) is 11.3 Å². The molecule has 2 N–H and O–H groups in total. The molecule has 2 atom stereocenters. The fourth-order valence-corrected chi connectivity index (χ4v) is 2.09. The average molecular weight is 199 g/mol. The van der Waals surface area contributed by atoms with Gasteiger partial charge in [-0.1, -0.05) is 20.8 Å². The van der Waals surface area contributed by atoms with E-state index in [1.807, 2.05) is 0 Å². The predicted molar refractivity (Wildman–Crippen MR) is 60.3 cm³/mol. The van der Waals surface area contributed by atoms with Crippen LogP contribution in [0.25, 0.3) is 0 Å². The second kappa shape index (κ2) is 5.13. The van der Waals surface area contributed by atoms with Crippen LogP contribution < -0.4 is 5.32 Å². The molecule has 0 aromatic carbocycles. The average Bonchev–Trinajstić information content (AvgIpc) is 2.14. The molecule has 0 radical (unpaired) electrons. The van der Waals surface area contributed by atoms with Crippen LogP contribution in [0.15, 0.2) is 0 Å². The van der Waals surface area contributed by atoms with Gasteiger partial charge in [0.25, 0.3) is 0 Å². The number of hydrogen-bond acceptors (Lipinski definition) is 2. The van der Waals surface area contributed by atoms with Crippen molar-refractivity contribution in [1.29, 1.82) is 0 Å². The largest absolute Gasteiger partial charge is 0.396 e. The molecule has 1 rings (SSSR count). The highest BCUT2D eigenvalue weighted by atomic mass is 16.3. The number of aliphatic hydroxyl groups is 1. The van der Waals surface area contributed by atoms with Crippen molar-refractivity contribution in [2.75, 3.05) is 13.2 Å². The van der Waals surface area contributed by atoms with Crippen LogP contribution in [0.1, 0.15) is 46.5 Å². The Morgan fingerprint density at radius 3 is 2.64 bits per heavy atom. The summed E-state index contributed by atoms with van der Waals surface area (Å²) in [5.41, 5.74) is 0.438. The summed E-state index contributed by atoms with van der Waals surface area (Å²) in [5.74, 6) is 0.543. The Labute approximate surface area is 88.1 Å². The minimum absolute atomic E-state index is 0.369. The highest BCUT2D eigenvalue weighted by Crippen LogP contribution is 2.25. The van der Waals surface area contributed by atoms with E-state index in [2.05, 4.69) is 26.1 Å². The summed E-state index contributed by atoms with van der Waals surface area (Å²) in [6, 6.07) is 0.639. The SMILES string of the molecule is CC(C)(C)CCC1CC(CO)CCN1. The molecule has 1 aliphatic rings. The first-order chi connectivity index (χ1) is 6.51. The fourth-order valence-electron chi connectivity index (χ4n) is 2.09. The van der Waals surface area contributed by atoms with Gasteiger partial charge in [-0.25, -0.2) is 0 Å². The van der Waals surface area contributed by atoms with Gasteiger partial charge in [-0.05, 0) is 43.6 Å². The van der Waals surface area contributed by atoms with E-state index in [1.54, 1.807) is 0 Å². The zero-order valence-electron chi connectivity index (χ0n) is 9.84. The van der Waals surface area contributed by atoms with Crippen molar-refractivity contribution < 1.29 is 5.11 Å². The molecule has 0 spiro atoms. The van der Waals surface area contributed by atoms with Gasteiger partial charge in [0, 0.05) is 12.6 Å². The van der Waals surface area contributed by atoms with Gasteiger partial charge in [0.1, 0.15) is 0 Å². The smallest absolute Gasteiger partial charge is 0.0460 e. The summed E-state index contributed by atoms with van der Waals surface area (Å²) in [6.45, 7) is 8.33. The van der Waals surface area contributed by atoms with Gasteiger partial charge in [0.15, 0.2) is 0 Å². The molecule has 1 saturated heterocycles. The second-order valence-electron chi connectivity index (χ2n) is 5.82. The van der Waals surface area contributed by atoms with Crippen molar-refractivity contribution in [3.05, 3.63) is 0 Å². The Balaban J connectivity index is 2.24. The van der Waals surface area contributed by atoms with Crippen LogP contribution in [0.4, 0.5) is 0 Å². The van der Waals surface area contributed by atoms with Gasteiger partial charge >= 0.3 is 0 Å². The number of hydrogen-bond donors (Lipinski definition) is 2. The van der Waals surface area contributed by atoms with Crippen LogP contribution in [0.5, 0.6) is 0 Å². The zero-order chi connectivity index (χ0) is 10.6. The molecular weight excluding hydrogens is 174 g/mol. The van der Waals surface area contributed by atoms with Gasteiger partial charge in [0.05, 0.1) is 0 Å². The number of piperidine rings is 1. The van der Waals surface area contributed by atoms with Gasteiger partial charge in [-0.2, -0.15) is 0 Å². The highest BCUT2D eigenvalue weighted by molar-refractivity contribution is 4.79. The van der Waals surface area contributed by atoms with Crippen LogP contribution in [0.2, 0.25) is 0 Å². The Kier molecular flexibility index (Phi) is 4.39. The molecule has 2 heteroatoms. The molecule has 1 aliphatic heterocycles. The third-order valence-corrected chi connectivity index (χ3v) is 3.10. The maximum absolute atomic E-state index is 9.11. The lowest BCUT2D eigenvalue weighted by Crippen LogP contribution is -2.39. The van der Waals surface area contributed by atoms with E-state index in [0.29, 0.717) is 24.0 Å². The normalized spacial score (nSPS) is 29.1. The number of nitrogens with one attached hydrogen (secondary N) is 1. The van der Waals surface area contributed by atoms with E-state index in [4.69, 9.17) is 5.11 Å². The van der Waals surface area contributed by atoms with Crippen molar-refractivity contribution in [3.63, 3.8) is 0 Å². The van der Waals surface area contributed by atoms with E-state index in [0.717, 1.165) is 19.4 Å². The Morgan fingerprint density at radius 2 is 2.07 bits per heavy atom. The summed E-state index contributed by atoms with van der Waals surface area (Å²) < 4.78 is 0. The molecule has 0 aliphatic carbocycles. The van der Waals surface area contributed by atoms with Gasteiger partial charge in [-0.15, -0.1) is 0 Å². The third kappa shape index (κ3) is 4.43. The standard InChI is InChI=1S/C12H25NO/c1-12(2,3)6-4-11-8-10(9-14)5-7-13-11/h10-11,13-14H,4-9H2,1-3H3. The van der Waals surface area contributed by atoms with Crippen LogP contribution in [0.3, 0.4) is 0 Å². The monoisotopic (exact) mass is 199 g/mol. The lowest BCUT2D eigenvalue weighted by molar-refractivity contribution is 0.167. The minimum atomic E-state index is 0.369. The lowest BCUT2D eigenvalue weighted by atomic mass is 9.84. The Hall–Kier alpha value is -0.0800. The van der Waals surface area contributed by atoms with Gasteiger partial charge < -0.3 is 10.4 Å². The maximum atomic E-state index is 9.11. The molecule has 0 amide bonds. The molecule has 0 aromatic rings. The van der Waals surface area contributed by atoms with Crippen molar-refractivity contribution in [1.82, 2.24) is 5.32 Å². The molecule has 1 fully saturated rings. The summed E-state index contributed by atoms with van der Waals surface area (Å²) >= 11 is 0. The quantitative estimate of drug-likeness (QED) is 0.730. The molecular formula is C12H25NO. The minimum Gasteiger partial charge on any atom is -0.396 e. The Morgan fingerprint density at radius 1 is 1.36 bits per heavy atom. The molecule has 1 heterocycles. The van der Waals surface area contributed by atoms with Crippen molar-refractivity contribution >= 4 is 0 Å². The van der Waals surface area contributed by atoms with E-state index >= 15 is 0 Å². The van der Waals surface area contributed by atoms with E-state index < -0.39 is 0 Å². The lowest BCUT2D eigenvalue weighted by Gasteiger charge is -2.31. The predicted octanol–water partition coefficient (Wildman–Crippen LogP) is 2.17. The summed E-state index contributed by atoms with van der Waals surface area (Å²) in [6.07, 6.45) is 4.82. The molecule has 2 unspecified atom stereocenters. The summed E-state index contributed by atoms with van der Waals surface area (Å²) in [4.78, 5) is 0. The molecule has 0 aromatic heterocycles. The summed E-state index contributed by atoms with van der Waals surface area (Å²) in [5, 5.41) is 12.7. The Bertz CT molecular complexity index is 162.